The molecule has 1 heterocycles. The molecule has 1 aromatic carbocycles. The quantitative estimate of drug-likeness (QED) is 0.867. The summed E-state index contributed by atoms with van der Waals surface area (Å²) in [6.45, 7) is 0.411. The van der Waals surface area contributed by atoms with Crippen LogP contribution in [0.15, 0.2) is 41.0 Å². The summed E-state index contributed by atoms with van der Waals surface area (Å²) in [7, 11) is 1.70. The van der Waals surface area contributed by atoms with Crippen molar-refractivity contribution in [2.45, 2.75) is 6.54 Å². The largest absolute Gasteiger partial charge is 0.467 e. The first-order valence-corrected chi connectivity index (χ1v) is 5.78. The van der Waals surface area contributed by atoms with Gasteiger partial charge in [0, 0.05) is 12.6 Å². The molecule has 0 fully saturated rings. The van der Waals surface area contributed by atoms with Gasteiger partial charge < -0.3 is 15.1 Å². The van der Waals surface area contributed by atoms with Crippen LogP contribution in [0.4, 0.5) is 5.69 Å². The number of carbonyl (C=O) groups is 1. The Bertz CT molecular complexity index is 552. The van der Waals surface area contributed by atoms with Crippen molar-refractivity contribution >= 4 is 23.2 Å². The molecule has 0 saturated carbocycles. The molecule has 0 aliphatic carbocycles. The first kappa shape index (κ1) is 12.5. The zero-order chi connectivity index (χ0) is 13.1. The van der Waals surface area contributed by atoms with Gasteiger partial charge in [0.2, 0.25) is 0 Å². The average Bonchev–Trinajstić information content (AvgIpc) is 2.84. The van der Waals surface area contributed by atoms with Gasteiger partial charge in [-0.25, -0.2) is 0 Å². The minimum atomic E-state index is -0.130. The summed E-state index contributed by atoms with van der Waals surface area (Å²) in [6.07, 6.45) is 1.58. The smallest absolute Gasteiger partial charge is 0.254 e. The molecular weight excluding hydrogens is 252 g/mol. The van der Waals surface area contributed by atoms with E-state index in [4.69, 9.17) is 21.8 Å². The summed E-state index contributed by atoms with van der Waals surface area (Å²) in [5.74, 6) is 0.600. The Hall–Kier alpha value is -1.94. The van der Waals surface area contributed by atoms with Crippen molar-refractivity contribution in [1.82, 2.24) is 4.90 Å². The lowest BCUT2D eigenvalue weighted by molar-refractivity contribution is 0.0775. The lowest BCUT2D eigenvalue weighted by atomic mass is 10.2. The molecule has 0 aliphatic heterocycles. The van der Waals surface area contributed by atoms with E-state index < -0.39 is 0 Å². The van der Waals surface area contributed by atoms with Crippen LogP contribution in [0.3, 0.4) is 0 Å². The Kier molecular flexibility index (Phi) is 3.58. The topological polar surface area (TPSA) is 59.5 Å². The summed E-state index contributed by atoms with van der Waals surface area (Å²) >= 11 is 5.82. The fourth-order valence-electron chi connectivity index (χ4n) is 1.61. The number of amides is 1. The van der Waals surface area contributed by atoms with Gasteiger partial charge in [-0.3, -0.25) is 4.79 Å². The molecule has 0 aliphatic rings. The highest BCUT2D eigenvalue weighted by Gasteiger charge is 2.14. The van der Waals surface area contributed by atoms with E-state index in [1.165, 1.54) is 0 Å². The fraction of sp³-hybridized carbons (Fsp3) is 0.154. The summed E-state index contributed by atoms with van der Waals surface area (Å²) in [4.78, 5) is 13.7. The Morgan fingerprint density at radius 2 is 2.22 bits per heavy atom. The highest BCUT2D eigenvalue weighted by atomic mass is 35.5. The van der Waals surface area contributed by atoms with Gasteiger partial charge in [0.05, 0.1) is 23.5 Å². The third-order valence-corrected chi connectivity index (χ3v) is 2.91. The predicted octanol–water partition coefficient (Wildman–Crippen LogP) is 2.79. The van der Waals surface area contributed by atoms with Gasteiger partial charge in [0.15, 0.2) is 0 Å². The van der Waals surface area contributed by atoms with E-state index in [-0.39, 0.29) is 5.91 Å². The van der Waals surface area contributed by atoms with Crippen molar-refractivity contribution in [3.05, 3.63) is 52.9 Å². The van der Waals surface area contributed by atoms with Crippen LogP contribution in [0.1, 0.15) is 16.1 Å². The van der Waals surface area contributed by atoms with Crippen LogP contribution in [0, 0.1) is 0 Å². The molecular formula is C13H13ClN2O2. The molecule has 0 atom stereocenters. The third-order valence-electron chi connectivity index (χ3n) is 2.56. The Labute approximate surface area is 110 Å². The van der Waals surface area contributed by atoms with E-state index in [2.05, 4.69) is 0 Å². The second-order valence-corrected chi connectivity index (χ2v) is 4.38. The van der Waals surface area contributed by atoms with E-state index in [0.29, 0.717) is 22.8 Å². The molecule has 0 bridgehead atoms. The van der Waals surface area contributed by atoms with Crippen LogP contribution in [0.25, 0.3) is 0 Å². The van der Waals surface area contributed by atoms with Gasteiger partial charge >= 0.3 is 0 Å². The van der Waals surface area contributed by atoms with E-state index in [9.17, 15) is 4.79 Å². The maximum Gasteiger partial charge on any atom is 0.254 e. The highest BCUT2D eigenvalue weighted by molar-refractivity contribution is 6.33. The van der Waals surface area contributed by atoms with Crippen LogP contribution in [-0.2, 0) is 6.54 Å². The molecule has 18 heavy (non-hydrogen) atoms. The van der Waals surface area contributed by atoms with Gasteiger partial charge in [0.1, 0.15) is 5.76 Å². The summed E-state index contributed by atoms with van der Waals surface area (Å²) in [5, 5.41) is 0.445. The zero-order valence-electron chi connectivity index (χ0n) is 9.89. The standard InChI is InChI=1S/C13H13ClN2O2/c1-16(8-10-3-2-6-18-10)13(17)9-4-5-11(14)12(15)7-9/h2-7H,8,15H2,1H3. The zero-order valence-corrected chi connectivity index (χ0v) is 10.6. The molecule has 1 aromatic heterocycles. The Morgan fingerprint density at radius 1 is 1.44 bits per heavy atom. The number of benzene rings is 1. The minimum Gasteiger partial charge on any atom is -0.467 e. The number of furan rings is 1. The lowest BCUT2D eigenvalue weighted by Crippen LogP contribution is -2.26. The molecule has 2 aromatic rings. The fourth-order valence-corrected chi connectivity index (χ4v) is 1.72. The van der Waals surface area contributed by atoms with E-state index in [1.807, 2.05) is 6.07 Å². The van der Waals surface area contributed by atoms with Gasteiger partial charge in [-0.15, -0.1) is 0 Å². The second kappa shape index (κ2) is 5.14. The van der Waals surface area contributed by atoms with Crippen molar-refractivity contribution in [3.8, 4) is 0 Å². The van der Waals surface area contributed by atoms with Crippen molar-refractivity contribution in [3.63, 3.8) is 0 Å². The number of hydrogen-bond acceptors (Lipinski definition) is 3. The summed E-state index contributed by atoms with van der Waals surface area (Å²) in [6, 6.07) is 8.45. The number of nitrogens with zero attached hydrogens (tertiary/aromatic N) is 1. The molecule has 1 amide bonds. The van der Waals surface area contributed by atoms with Crippen LogP contribution < -0.4 is 5.73 Å². The third kappa shape index (κ3) is 2.65. The number of rotatable bonds is 3. The van der Waals surface area contributed by atoms with Gasteiger partial charge in [0.25, 0.3) is 5.91 Å². The number of nitrogens with two attached hydrogens (primary N) is 1. The number of carbonyl (C=O) groups excluding carboxylic acids is 1. The average molecular weight is 265 g/mol. The van der Waals surface area contributed by atoms with Crippen molar-refractivity contribution in [2.75, 3.05) is 12.8 Å². The molecule has 2 N–H and O–H groups in total. The lowest BCUT2D eigenvalue weighted by Gasteiger charge is -2.16. The molecule has 0 unspecified atom stereocenters. The number of nitrogen functional groups attached to an aromatic ring is 1. The van der Waals surface area contributed by atoms with E-state index in [1.54, 1.807) is 42.5 Å². The Morgan fingerprint density at radius 3 is 2.83 bits per heavy atom. The molecule has 2 rings (SSSR count). The normalized spacial score (nSPS) is 10.3. The van der Waals surface area contributed by atoms with Crippen LogP contribution in [-0.4, -0.2) is 17.9 Å². The predicted molar refractivity (Wildman–Crippen MR) is 70.4 cm³/mol. The highest BCUT2D eigenvalue weighted by Crippen LogP contribution is 2.20. The maximum absolute atomic E-state index is 12.1. The van der Waals surface area contributed by atoms with Gasteiger partial charge in [-0.1, -0.05) is 11.6 Å². The van der Waals surface area contributed by atoms with Gasteiger partial charge in [-0.2, -0.15) is 0 Å². The maximum atomic E-state index is 12.1. The molecule has 4 nitrogen and oxygen atoms in total. The molecule has 0 saturated heterocycles. The monoisotopic (exact) mass is 264 g/mol. The van der Waals surface area contributed by atoms with Crippen molar-refractivity contribution in [2.24, 2.45) is 0 Å². The molecule has 0 radical (unpaired) electrons. The number of halogens is 1. The second-order valence-electron chi connectivity index (χ2n) is 3.98. The first-order valence-electron chi connectivity index (χ1n) is 5.41. The van der Waals surface area contributed by atoms with Crippen molar-refractivity contribution in [1.29, 1.82) is 0 Å². The van der Waals surface area contributed by atoms with Crippen LogP contribution >= 0.6 is 11.6 Å². The van der Waals surface area contributed by atoms with E-state index in [0.717, 1.165) is 5.76 Å². The SMILES string of the molecule is CN(Cc1ccco1)C(=O)c1ccc(Cl)c(N)c1. The van der Waals surface area contributed by atoms with E-state index >= 15 is 0 Å². The summed E-state index contributed by atoms with van der Waals surface area (Å²) < 4.78 is 5.19. The Balaban J connectivity index is 2.12. The van der Waals surface area contributed by atoms with Crippen LogP contribution in [0.2, 0.25) is 5.02 Å². The number of hydrogen-bond donors (Lipinski definition) is 1. The van der Waals surface area contributed by atoms with Gasteiger partial charge in [-0.05, 0) is 30.3 Å². The molecule has 0 spiro atoms. The van der Waals surface area contributed by atoms with Crippen LogP contribution in [0.5, 0.6) is 0 Å². The number of anilines is 1. The molecule has 94 valence electrons. The summed E-state index contributed by atoms with van der Waals surface area (Å²) in [5.41, 5.74) is 6.58. The van der Waals surface area contributed by atoms with Crippen molar-refractivity contribution < 1.29 is 9.21 Å². The minimum absolute atomic E-state index is 0.130. The first-order chi connectivity index (χ1) is 8.58. The molecule has 5 heteroatoms.